The number of benzene rings is 1. The Balaban J connectivity index is 1.17. The van der Waals surface area contributed by atoms with Crippen molar-refractivity contribution in [1.82, 2.24) is 14.9 Å². The van der Waals surface area contributed by atoms with Gasteiger partial charge in [-0.1, -0.05) is 0 Å². The molecule has 1 aromatic heterocycles. The van der Waals surface area contributed by atoms with Gasteiger partial charge in [0.05, 0.1) is 31.4 Å². The summed E-state index contributed by atoms with van der Waals surface area (Å²) in [6.07, 6.45) is 10.7. The molecule has 32 heavy (non-hydrogen) atoms. The quantitative estimate of drug-likeness (QED) is 0.680. The lowest BCUT2D eigenvalue weighted by Gasteiger charge is -2.56. The predicted molar refractivity (Wildman–Crippen MR) is 122 cm³/mol. The van der Waals surface area contributed by atoms with Gasteiger partial charge < -0.3 is 14.8 Å². The van der Waals surface area contributed by atoms with Gasteiger partial charge in [-0.25, -0.2) is 4.98 Å². The number of hydrogen-bond acceptors (Lipinski definition) is 5. The van der Waals surface area contributed by atoms with Crippen molar-refractivity contribution >= 4 is 16.8 Å². The highest BCUT2D eigenvalue weighted by atomic mass is 16.5. The number of amides is 1. The number of aromatic nitrogens is 2. The van der Waals surface area contributed by atoms with Gasteiger partial charge >= 0.3 is 0 Å². The average molecular weight is 440 g/mol. The molecule has 4 saturated carbocycles. The van der Waals surface area contributed by atoms with Crippen LogP contribution < -0.4 is 20.3 Å². The van der Waals surface area contributed by atoms with E-state index in [4.69, 9.17) is 9.47 Å². The van der Waals surface area contributed by atoms with E-state index in [2.05, 4.69) is 10.3 Å². The van der Waals surface area contributed by atoms with Crippen LogP contribution in [-0.2, 0) is 11.3 Å². The summed E-state index contributed by atoms with van der Waals surface area (Å²) in [7, 11) is 3.10. The van der Waals surface area contributed by atoms with E-state index in [1.807, 2.05) is 0 Å². The van der Waals surface area contributed by atoms with Gasteiger partial charge in [0, 0.05) is 25.6 Å². The number of rotatable bonds is 8. The second-order valence-corrected chi connectivity index (χ2v) is 10.3. The van der Waals surface area contributed by atoms with Gasteiger partial charge in [-0.2, -0.15) is 0 Å². The van der Waals surface area contributed by atoms with Gasteiger partial charge in [-0.3, -0.25) is 14.2 Å². The molecule has 7 heteroatoms. The first-order valence-electron chi connectivity index (χ1n) is 11.9. The zero-order chi connectivity index (χ0) is 22.3. The van der Waals surface area contributed by atoms with Gasteiger partial charge in [0.1, 0.15) is 0 Å². The van der Waals surface area contributed by atoms with E-state index in [0.717, 1.165) is 24.3 Å². The van der Waals surface area contributed by atoms with E-state index in [1.165, 1.54) is 38.5 Å². The minimum absolute atomic E-state index is 0.0916. The molecule has 1 aromatic carbocycles. The zero-order valence-electron chi connectivity index (χ0n) is 19.1. The first-order chi connectivity index (χ1) is 15.5. The Morgan fingerprint density at radius 1 is 1.09 bits per heavy atom. The molecule has 0 spiro atoms. The molecule has 1 amide bonds. The number of hydrogen-bond donors (Lipinski definition) is 1. The van der Waals surface area contributed by atoms with Crippen molar-refractivity contribution in [1.29, 1.82) is 0 Å². The Kier molecular flexibility index (Phi) is 5.59. The van der Waals surface area contributed by atoms with Crippen LogP contribution in [0.2, 0.25) is 0 Å². The van der Waals surface area contributed by atoms with Crippen molar-refractivity contribution in [2.45, 2.75) is 57.9 Å². The monoisotopic (exact) mass is 439 g/mol. The molecule has 4 aliphatic rings. The third-order valence-corrected chi connectivity index (χ3v) is 7.96. The third-order valence-electron chi connectivity index (χ3n) is 7.96. The van der Waals surface area contributed by atoms with Crippen molar-refractivity contribution in [3.63, 3.8) is 0 Å². The predicted octanol–water partition coefficient (Wildman–Crippen LogP) is 3.53. The number of methoxy groups -OCH3 is 2. The van der Waals surface area contributed by atoms with Gasteiger partial charge in [-0.05, 0) is 74.2 Å². The first-order valence-corrected chi connectivity index (χ1v) is 11.9. The van der Waals surface area contributed by atoms with Crippen LogP contribution >= 0.6 is 0 Å². The van der Waals surface area contributed by atoms with Gasteiger partial charge in [0.15, 0.2) is 11.5 Å². The van der Waals surface area contributed by atoms with E-state index in [1.54, 1.807) is 37.2 Å². The minimum Gasteiger partial charge on any atom is -0.493 e. The fourth-order valence-electron chi connectivity index (χ4n) is 6.94. The molecule has 1 N–H and O–H groups in total. The van der Waals surface area contributed by atoms with Crippen LogP contribution in [0, 0.1) is 23.2 Å². The van der Waals surface area contributed by atoms with Crippen molar-refractivity contribution in [2.75, 3.05) is 20.8 Å². The third kappa shape index (κ3) is 3.97. The van der Waals surface area contributed by atoms with Crippen LogP contribution in [-0.4, -0.2) is 36.2 Å². The average Bonchev–Trinajstić information content (AvgIpc) is 2.77. The number of nitrogens with one attached hydrogen (secondary N) is 1. The number of fused-ring (bicyclic) bond motifs is 1. The summed E-state index contributed by atoms with van der Waals surface area (Å²) in [6, 6.07) is 3.37. The largest absolute Gasteiger partial charge is 0.493 e. The molecule has 172 valence electrons. The van der Waals surface area contributed by atoms with Crippen molar-refractivity contribution in [2.24, 2.45) is 23.2 Å². The molecule has 4 fully saturated rings. The molecule has 0 radical (unpaired) electrons. The molecular formula is C25H33N3O4. The van der Waals surface area contributed by atoms with Crippen LogP contribution in [0.15, 0.2) is 23.3 Å². The summed E-state index contributed by atoms with van der Waals surface area (Å²) in [4.78, 5) is 29.8. The van der Waals surface area contributed by atoms with Crippen LogP contribution in [0.25, 0.3) is 10.9 Å². The first kappa shape index (κ1) is 21.3. The summed E-state index contributed by atoms with van der Waals surface area (Å²) in [5.74, 6) is 3.81. The fraction of sp³-hybridized carbons (Fsp3) is 0.640. The topological polar surface area (TPSA) is 82.5 Å². The molecule has 4 bridgehead atoms. The van der Waals surface area contributed by atoms with Gasteiger partial charge in [0.2, 0.25) is 5.91 Å². The Hall–Kier alpha value is -2.57. The molecular weight excluding hydrogens is 406 g/mol. The molecule has 7 nitrogen and oxygen atoms in total. The van der Waals surface area contributed by atoms with Gasteiger partial charge in [-0.15, -0.1) is 0 Å². The standard InChI is InChI=1S/C25H33N3O4/c1-31-21-9-19-20(10-22(21)32-2)27-15-28(24(19)30)5-3-4-23(29)26-14-25-11-16-6-17(12-25)8-18(7-16)13-25/h9-10,15-18H,3-8,11-14H2,1-2H3,(H,26,29). The lowest BCUT2D eigenvalue weighted by Crippen LogP contribution is -2.51. The zero-order valence-corrected chi connectivity index (χ0v) is 19.1. The molecule has 1 heterocycles. The smallest absolute Gasteiger partial charge is 0.261 e. The lowest BCUT2D eigenvalue weighted by molar-refractivity contribution is -0.123. The maximum Gasteiger partial charge on any atom is 0.261 e. The van der Waals surface area contributed by atoms with Crippen LogP contribution in [0.4, 0.5) is 0 Å². The lowest BCUT2D eigenvalue weighted by atomic mass is 9.49. The summed E-state index contributed by atoms with van der Waals surface area (Å²) in [6.45, 7) is 1.29. The summed E-state index contributed by atoms with van der Waals surface area (Å²) >= 11 is 0. The highest BCUT2D eigenvalue weighted by molar-refractivity contribution is 5.81. The van der Waals surface area contributed by atoms with E-state index < -0.39 is 0 Å². The second-order valence-electron chi connectivity index (χ2n) is 10.3. The summed E-state index contributed by atoms with van der Waals surface area (Å²) in [5, 5.41) is 3.71. The Morgan fingerprint density at radius 3 is 2.34 bits per heavy atom. The molecule has 4 aliphatic carbocycles. The van der Waals surface area contributed by atoms with Crippen molar-refractivity contribution < 1.29 is 14.3 Å². The Morgan fingerprint density at radius 2 is 1.72 bits per heavy atom. The number of ether oxygens (including phenoxy) is 2. The fourth-order valence-corrected chi connectivity index (χ4v) is 6.94. The van der Waals surface area contributed by atoms with Crippen molar-refractivity contribution in [3.05, 3.63) is 28.8 Å². The van der Waals surface area contributed by atoms with E-state index in [0.29, 0.717) is 47.2 Å². The number of carbonyl (C=O) groups is 1. The summed E-state index contributed by atoms with van der Waals surface area (Å²) in [5.41, 5.74) is 0.783. The van der Waals surface area contributed by atoms with E-state index in [-0.39, 0.29) is 11.5 Å². The van der Waals surface area contributed by atoms with Crippen LogP contribution in [0.5, 0.6) is 11.5 Å². The molecule has 6 rings (SSSR count). The number of nitrogens with zero attached hydrogens (tertiary/aromatic N) is 2. The van der Waals surface area contributed by atoms with Gasteiger partial charge in [0.25, 0.3) is 5.56 Å². The maximum atomic E-state index is 12.9. The normalized spacial score (nSPS) is 28.1. The number of aryl methyl sites for hydroxylation is 1. The second kappa shape index (κ2) is 8.41. The Bertz CT molecular complexity index is 1040. The summed E-state index contributed by atoms with van der Waals surface area (Å²) < 4.78 is 12.2. The van der Waals surface area contributed by atoms with E-state index >= 15 is 0 Å². The Labute approximate surface area is 188 Å². The highest BCUT2D eigenvalue weighted by Gasteiger charge is 2.50. The molecule has 0 unspecified atom stereocenters. The minimum atomic E-state index is -0.134. The molecule has 2 aromatic rings. The highest BCUT2D eigenvalue weighted by Crippen LogP contribution is 2.59. The van der Waals surface area contributed by atoms with E-state index in [9.17, 15) is 9.59 Å². The van der Waals surface area contributed by atoms with Crippen LogP contribution in [0.1, 0.15) is 51.4 Å². The maximum absolute atomic E-state index is 12.9. The van der Waals surface area contributed by atoms with Crippen LogP contribution in [0.3, 0.4) is 0 Å². The molecule has 0 saturated heterocycles. The molecule has 0 aliphatic heterocycles. The van der Waals surface area contributed by atoms with Crippen molar-refractivity contribution in [3.8, 4) is 11.5 Å². The number of carbonyl (C=O) groups excluding carboxylic acids is 1. The SMILES string of the molecule is COc1cc2ncn(CCCC(=O)NCC34CC5CC(CC(C5)C3)C4)c(=O)c2cc1OC. The molecule has 0 atom stereocenters.